The number of fused-ring (bicyclic) bond motifs is 1. The van der Waals surface area contributed by atoms with Crippen molar-refractivity contribution in [2.24, 2.45) is 5.92 Å². The third-order valence-electron chi connectivity index (χ3n) is 5.24. The predicted octanol–water partition coefficient (Wildman–Crippen LogP) is 3.92. The van der Waals surface area contributed by atoms with Gasteiger partial charge in [0.05, 0.1) is 6.61 Å². The van der Waals surface area contributed by atoms with Gasteiger partial charge in [0.15, 0.2) is 11.3 Å². The molecule has 0 saturated carbocycles. The van der Waals surface area contributed by atoms with Crippen molar-refractivity contribution in [3.8, 4) is 17.7 Å². The van der Waals surface area contributed by atoms with Crippen LogP contribution in [0.15, 0.2) is 48.7 Å². The van der Waals surface area contributed by atoms with E-state index in [9.17, 15) is 0 Å². The molecule has 1 aliphatic heterocycles. The van der Waals surface area contributed by atoms with Crippen LogP contribution in [0.25, 0.3) is 11.2 Å². The first kappa shape index (κ1) is 19.4. The molecule has 1 unspecified atom stereocenters. The maximum Gasteiger partial charge on any atom is 0.249 e. The molecule has 0 amide bonds. The standard InChI is InChI=1S/C24H26N4O/c1-18(2)28-15-7-10-20(16-28)17-29-24-22(13-12-19-8-4-3-5-9-19)26-23-21(27-24)11-6-14-25-23/h3-6,8-9,11,14,18,20H,7,10,15-17H2,1-2H3. The van der Waals surface area contributed by atoms with E-state index in [1.165, 1.54) is 19.4 Å². The lowest BCUT2D eigenvalue weighted by Gasteiger charge is -2.35. The molecule has 1 aliphatic rings. The Balaban J connectivity index is 1.58. The van der Waals surface area contributed by atoms with Crippen molar-refractivity contribution in [2.75, 3.05) is 19.7 Å². The normalized spacial score (nSPS) is 17.1. The largest absolute Gasteiger partial charge is 0.475 e. The van der Waals surface area contributed by atoms with E-state index in [-0.39, 0.29) is 0 Å². The molecule has 0 aliphatic carbocycles. The molecule has 0 spiro atoms. The molecule has 3 heterocycles. The average Bonchev–Trinajstić information content (AvgIpc) is 2.77. The first-order chi connectivity index (χ1) is 14.2. The van der Waals surface area contributed by atoms with Crippen molar-refractivity contribution >= 4 is 11.2 Å². The zero-order valence-corrected chi connectivity index (χ0v) is 17.0. The van der Waals surface area contributed by atoms with Crippen molar-refractivity contribution in [3.05, 3.63) is 59.9 Å². The summed E-state index contributed by atoms with van der Waals surface area (Å²) in [6, 6.07) is 14.2. The molecular formula is C24H26N4O. The van der Waals surface area contributed by atoms with Crippen molar-refractivity contribution < 1.29 is 4.74 Å². The van der Waals surface area contributed by atoms with Gasteiger partial charge < -0.3 is 9.64 Å². The van der Waals surface area contributed by atoms with Crippen LogP contribution in [0, 0.1) is 17.8 Å². The number of piperidine rings is 1. The van der Waals surface area contributed by atoms with Gasteiger partial charge in [-0.3, -0.25) is 0 Å². The number of likely N-dealkylation sites (tertiary alicyclic amines) is 1. The van der Waals surface area contributed by atoms with Gasteiger partial charge in [-0.2, -0.15) is 0 Å². The summed E-state index contributed by atoms with van der Waals surface area (Å²) in [4.78, 5) is 16.1. The molecule has 4 rings (SSSR count). The summed E-state index contributed by atoms with van der Waals surface area (Å²) in [6.07, 6.45) is 4.10. The summed E-state index contributed by atoms with van der Waals surface area (Å²) >= 11 is 0. The van der Waals surface area contributed by atoms with Crippen LogP contribution in [0.2, 0.25) is 0 Å². The molecule has 5 nitrogen and oxygen atoms in total. The van der Waals surface area contributed by atoms with Gasteiger partial charge in [-0.25, -0.2) is 15.0 Å². The fourth-order valence-corrected chi connectivity index (χ4v) is 3.61. The first-order valence-electron chi connectivity index (χ1n) is 10.3. The minimum Gasteiger partial charge on any atom is -0.475 e. The highest BCUT2D eigenvalue weighted by Gasteiger charge is 2.23. The van der Waals surface area contributed by atoms with Gasteiger partial charge in [-0.1, -0.05) is 24.1 Å². The number of rotatable bonds is 4. The number of hydrogen-bond donors (Lipinski definition) is 0. The summed E-state index contributed by atoms with van der Waals surface area (Å²) in [6.45, 7) is 7.36. The Morgan fingerprint density at radius 1 is 1.10 bits per heavy atom. The van der Waals surface area contributed by atoms with Gasteiger partial charge in [0, 0.05) is 30.3 Å². The second-order valence-corrected chi connectivity index (χ2v) is 7.75. The molecule has 1 aromatic carbocycles. The topological polar surface area (TPSA) is 51.1 Å². The van der Waals surface area contributed by atoms with Crippen LogP contribution < -0.4 is 4.74 Å². The van der Waals surface area contributed by atoms with E-state index >= 15 is 0 Å². The Bertz CT molecular complexity index is 1020. The molecule has 1 atom stereocenters. The Kier molecular flexibility index (Phi) is 6.02. The number of pyridine rings is 1. The van der Waals surface area contributed by atoms with Crippen LogP contribution in [-0.4, -0.2) is 45.6 Å². The lowest BCUT2D eigenvalue weighted by atomic mass is 9.98. The molecule has 0 N–H and O–H groups in total. The average molecular weight is 386 g/mol. The van der Waals surface area contributed by atoms with Gasteiger partial charge in [0.2, 0.25) is 5.88 Å². The number of benzene rings is 1. The van der Waals surface area contributed by atoms with Crippen LogP contribution in [0.5, 0.6) is 5.88 Å². The molecule has 29 heavy (non-hydrogen) atoms. The van der Waals surface area contributed by atoms with Gasteiger partial charge in [0.1, 0.15) is 5.52 Å². The Labute approximate surface area is 172 Å². The molecular weight excluding hydrogens is 360 g/mol. The van der Waals surface area contributed by atoms with Crippen molar-refractivity contribution in [1.29, 1.82) is 0 Å². The molecule has 2 aromatic heterocycles. The van der Waals surface area contributed by atoms with Crippen molar-refractivity contribution in [1.82, 2.24) is 19.9 Å². The van der Waals surface area contributed by atoms with Crippen molar-refractivity contribution in [3.63, 3.8) is 0 Å². The van der Waals surface area contributed by atoms with E-state index in [1.807, 2.05) is 42.5 Å². The lowest BCUT2D eigenvalue weighted by molar-refractivity contribution is 0.105. The van der Waals surface area contributed by atoms with Crippen molar-refractivity contribution in [2.45, 2.75) is 32.7 Å². The van der Waals surface area contributed by atoms with E-state index < -0.39 is 0 Å². The molecule has 3 aromatic rings. The van der Waals surface area contributed by atoms with Gasteiger partial charge in [0.25, 0.3) is 0 Å². The van der Waals surface area contributed by atoms with E-state index in [2.05, 4.69) is 45.5 Å². The molecule has 148 valence electrons. The fourth-order valence-electron chi connectivity index (χ4n) is 3.61. The zero-order chi connectivity index (χ0) is 20.1. The minimum atomic E-state index is 0.493. The molecule has 0 bridgehead atoms. The van der Waals surface area contributed by atoms with E-state index in [4.69, 9.17) is 4.74 Å². The smallest absolute Gasteiger partial charge is 0.249 e. The van der Waals surface area contributed by atoms with E-state index in [0.29, 0.717) is 35.8 Å². The number of ether oxygens (including phenoxy) is 1. The molecule has 1 saturated heterocycles. The third kappa shape index (κ3) is 4.90. The second kappa shape index (κ2) is 9.02. The highest BCUT2D eigenvalue weighted by molar-refractivity contribution is 5.71. The van der Waals surface area contributed by atoms with E-state index in [1.54, 1.807) is 6.20 Å². The molecule has 5 heteroatoms. The molecule has 1 fully saturated rings. The zero-order valence-electron chi connectivity index (χ0n) is 17.0. The van der Waals surface area contributed by atoms with Gasteiger partial charge in [-0.05, 0) is 63.4 Å². The highest BCUT2D eigenvalue weighted by Crippen LogP contribution is 2.22. The summed E-state index contributed by atoms with van der Waals surface area (Å²) < 4.78 is 6.17. The maximum absolute atomic E-state index is 6.17. The number of hydrogen-bond acceptors (Lipinski definition) is 5. The first-order valence-corrected chi connectivity index (χ1v) is 10.3. The summed E-state index contributed by atoms with van der Waals surface area (Å²) in [5, 5.41) is 0. The maximum atomic E-state index is 6.17. The minimum absolute atomic E-state index is 0.493. The summed E-state index contributed by atoms with van der Waals surface area (Å²) in [5.74, 6) is 7.28. The second-order valence-electron chi connectivity index (χ2n) is 7.75. The SMILES string of the molecule is CC(C)N1CCCC(COc2nc3cccnc3nc2C#Cc2ccccc2)C1. The number of aromatic nitrogens is 3. The van der Waals surface area contributed by atoms with Crippen LogP contribution in [0.1, 0.15) is 37.9 Å². The summed E-state index contributed by atoms with van der Waals surface area (Å²) in [7, 11) is 0. The van der Waals surface area contributed by atoms with Crippen LogP contribution >= 0.6 is 0 Å². The van der Waals surface area contributed by atoms with Crippen LogP contribution in [-0.2, 0) is 0 Å². The number of nitrogens with zero attached hydrogens (tertiary/aromatic N) is 4. The third-order valence-corrected chi connectivity index (χ3v) is 5.24. The summed E-state index contributed by atoms with van der Waals surface area (Å²) in [5.41, 5.74) is 2.78. The Morgan fingerprint density at radius 2 is 1.97 bits per heavy atom. The van der Waals surface area contributed by atoms with Gasteiger partial charge >= 0.3 is 0 Å². The highest BCUT2D eigenvalue weighted by atomic mass is 16.5. The van der Waals surface area contributed by atoms with E-state index in [0.717, 1.165) is 17.6 Å². The Morgan fingerprint density at radius 3 is 2.79 bits per heavy atom. The molecule has 0 radical (unpaired) electrons. The van der Waals surface area contributed by atoms with Gasteiger partial charge in [-0.15, -0.1) is 0 Å². The monoisotopic (exact) mass is 386 g/mol. The predicted molar refractivity (Wildman–Crippen MR) is 115 cm³/mol. The van der Waals surface area contributed by atoms with Crippen LogP contribution in [0.4, 0.5) is 0 Å². The Hall–Kier alpha value is -2.97. The lowest BCUT2D eigenvalue weighted by Crippen LogP contribution is -2.41. The quantitative estimate of drug-likeness (QED) is 0.636. The van der Waals surface area contributed by atoms with Crippen LogP contribution in [0.3, 0.4) is 0 Å². The fraction of sp³-hybridized carbons (Fsp3) is 0.375.